The predicted octanol–water partition coefficient (Wildman–Crippen LogP) is 1.83. The first-order valence-electron chi connectivity index (χ1n) is 4.38. The molecule has 0 unspecified atom stereocenters. The maximum atomic E-state index is 10.9. The van der Waals surface area contributed by atoms with Gasteiger partial charge in [0, 0.05) is 18.0 Å². The summed E-state index contributed by atoms with van der Waals surface area (Å²) in [6, 6.07) is 3.88. The summed E-state index contributed by atoms with van der Waals surface area (Å²) in [5.41, 5.74) is 2.85. The molecule has 0 saturated carbocycles. The molecule has 72 valence electrons. The molecule has 0 atom stereocenters. The first kappa shape index (κ1) is 8.74. The van der Waals surface area contributed by atoms with Crippen LogP contribution in [0.25, 0.3) is 10.9 Å². The zero-order valence-corrected chi connectivity index (χ0v) is 8.09. The highest BCUT2D eigenvalue weighted by Crippen LogP contribution is 2.21. The fourth-order valence-electron chi connectivity index (χ4n) is 1.42. The summed E-state index contributed by atoms with van der Waals surface area (Å²) in [4.78, 5) is 10.9. The second-order valence-corrected chi connectivity index (χ2v) is 3.31. The van der Waals surface area contributed by atoms with Gasteiger partial charge < -0.3 is 5.32 Å². The number of fused-ring (bicyclic) bond motifs is 1. The van der Waals surface area contributed by atoms with Crippen LogP contribution in [0.4, 0.5) is 5.69 Å². The minimum absolute atomic E-state index is 0.0593. The van der Waals surface area contributed by atoms with Crippen LogP contribution in [-0.4, -0.2) is 16.1 Å². The average Bonchev–Trinajstić information content (AvgIpc) is 2.51. The zero-order chi connectivity index (χ0) is 10.1. The number of nitrogens with one attached hydrogen (secondary N) is 2. The van der Waals surface area contributed by atoms with Gasteiger partial charge in [0.15, 0.2) is 0 Å². The van der Waals surface area contributed by atoms with Crippen molar-refractivity contribution in [2.24, 2.45) is 0 Å². The van der Waals surface area contributed by atoms with E-state index in [1.54, 1.807) is 6.20 Å². The number of anilines is 1. The summed E-state index contributed by atoms with van der Waals surface area (Å²) in [5.74, 6) is -0.0593. The zero-order valence-electron chi connectivity index (χ0n) is 8.09. The van der Waals surface area contributed by atoms with Gasteiger partial charge in [0.2, 0.25) is 5.91 Å². The highest BCUT2D eigenvalue weighted by molar-refractivity contribution is 5.93. The molecule has 1 aromatic carbocycles. The summed E-state index contributed by atoms with van der Waals surface area (Å²) in [6.07, 6.45) is 1.74. The lowest BCUT2D eigenvalue weighted by Gasteiger charge is -2.05. The number of carbonyl (C=O) groups is 1. The normalized spacial score (nSPS) is 10.4. The Bertz CT molecular complexity index is 487. The Morgan fingerprint density at radius 2 is 2.29 bits per heavy atom. The van der Waals surface area contributed by atoms with E-state index in [1.807, 2.05) is 19.1 Å². The average molecular weight is 189 g/mol. The summed E-state index contributed by atoms with van der Waals surface area (Å²) in [5, 5.41) is 10.6. The fraction of sp³-hybridized carbons (Fsp3) is 0.200. The van der Waals surface area contributed by atoms with E-state index < -0.39 is 0 Å². The van der Waals surface area contributed by atoms with Crippen LogP contribution in [-0.2, 0) is 4.79 Å². The Hall–Kier alpha value is -1.84. The molecule has 2 rings (SSSR count). The molecular weight excluding hydrogens is 178 g/mol. The number of carbonyl (C=O) groups excluding carboxylic acids is 1. The Morgan fingerprint density at radius 3 is 3.00 bits per heavy atom. The lowest BCUT2D eigenvalue weighted by Crippen LogP contribution is -2.06. The minimum atomic E-state index is -0.0593. The van der Waals surface area contributed by atoms with E-state index in [-0.39, 0.29) is 5.91 Å². The molecule has 4 nitrogen and oxygen atoms in total. The number of rotatable bonds is 1. The van der Waals surface area contributed by atoms with Gasteiger partial charge in [-0.3, -0.25) is 9.89 Å². The standard InChI is InChI=1S/C10H11N3O/c1-6-3-10-8(5-11-13-10)4-9(6)12-7(2)14/h3-5H,1-2H3,(H,11,13)(H,12,14). The predicted molar refractivity (Wildman–Crippen MR) is 55.1 cm³/mol. The molecule has 0 fully saturated rings. The Morgan fingerprint density at radius 1 is 1.50 bits per heavy atom. The van der Waals surface area contributed by atoms with Gasteiger partial charge in [-0.25, -0.2) is 0 Å². The van der Waals surface area contributed by atoms with Crippen LogP contribution in [0.3, 0.4) is 0 Å². The lowest BCUT2D eigenvalue weighted by atomic mass is 10.1. The molecule has 0 spiro atoms. The number of hydrogen-bond donors (Lipinski definition) is 2. The minimum Gasteiger partial charge on any atom is -0.326 e. The Kier molecular flexibility index (Phi) is 1.96. The molecule has 0 aliphatic carbocycles. The van der Waals surface area contributed by atoms with E-state index in [0.717, 1.165) is 22.2 Å². The van der Waals surface area contributed by atoms with Crippen LogP contribution >= 0.6 is 0 Å². The molecule has 0 radical (unpaired) electrons. The number of hydrogen-bond acceptors (Lipinski definition) is 2. The second-order valence-electron chi connectivity index (χ2n) is 3.31. The van der Waals surface area contributed by atoms with Gasteiger partial charge in [-0.05, 0) is 24.6 Å². The SMILES string of the molecule is CC(=O)Nc1cc2cn[nH]c2cc1C. The third-order valence-electron chi connectivity index (χ3n) is 2.10. The highest BCUT2D eigenvalue weighted by Gasteiger charge is 2.03. The van der Waals surface area contributed by atoms with Crippen molar-refractivity contribution in [3.8, 4) is 0 Å². The van der Waals surface area contributed by atoms with Crippen molar-refractivity contribution in [1.82, 2.24) is 10.2 Å². The van der Waals surface area contributed by atoms with E-state index in [0.29, 0.717) is 0 Å². The van der Waals surface area contributed by atoms with Crippen molar-refractivity contribution in [1.29, 1.82) is 0 Å². The largest absolute Gasteiger partial charge is 0.326 e. The van der Waals surface area contributed by atoms with Crippen LogP contribution in [0.5, 0.6) is 0 Å². The quantitative estimate of drug-likeness (QED) is 0.719. The van der Waals surface area contributed by atoms with E-state index in [4.69, 9.17) is 0 Å². The number of amides is 1. The summed E-state index contributed by atoms with van der Waals surface area (Å²) >= 11 is 0. The molecule has 1 aromatic heterocycles. The number of aryl methyl sites for hydroxylation is 1. The van der Waals surface area contributed by atoms with Gasteiger partial charge in [-0.1, -0.05) is 0 Å². The van der Waals surface area contributed by atoms with Crippen LogP contribution in [0.1, 0.15) is 12.5 Å². The van der Waals surface area contributed by atoms with Crippen LogP contribution < -0.4 is 5.32 Å². The number of nitrogens with zero attached hydrogens (tertiary/aromatic N) is 1. The van der Waals surface area contributed by atoms with Gasteiger partial charge in [0.05, 0.1) is 11.7 Å². The van der Waals surface area contributed by atoms with E-state index >= 15 is 0 Å². The second kappa shape index (κ2) is 3.14. The van der Waals surface area contributed by atoms with Crippen molar-refractivity contribution >= 4 is 22.5 Å². The maximum Gasteiger partial charge on any atom is 0.221 e. The van der Waals surface area contributed by atoms with Crippen LogP contribution in [0.15, 0.2) is 18.3 Å². The topological polar surface area (TPSA) is 57.8 Å². The number of aromatic nitrogens is 2. The van der Waals surface area contributed by atoms with Crippen molar-refractivity contribution in [3.05, 3.63) is 23.9 Å². The Labute approximate surface area is 81.3 Å². The lowest BCUT2D eigenvalue weighted by molar-refractivity contribution is -0.114. The highest BCUT2D eigenvalue weighted by atomic mass is 16.1. The van der Waals surface area contributed by atoms with E-state index in [2.05, 4.69) is 15.5 Å². The molecule has 4 heteroatoms. The molecule has 2 N–H and O–H groups in total. The maximum absolute atomic E-state index is 10.9. The molecule has 0 aliphatic rings. The monoisotopic (exact) mass is 189 g/mol. The smallest absolute Gasteiger partial charge is 0.221 e. The summed E-state index contributed by atoms with van der Waals surface area (Å²) in [7, 11) is 0. The molecule has 0 bridgehead atoms. The van der Waals surface area contributed by atoms with Crippen molar-refractivity contribution in [2.45, 2.75) is 13.8 Å². The van der Waals surface area contributed by atoms with E-state index in [9.17, 15) is 4.79 Å². The summed E-state index contributed by atoms with van der Waals surface area (Å²) < 4.78 is 0. The molecular formula is C10H11N3O. The first-order chi connectivity index (χ1) is 6.66. The molecule has 1 amide bonds. The van der Waals surface area contributed by atoms with Crippen molar-refractivity contribution < 1.29 is 4.79 Å². The van der Waals surface area contributed by atoms with E-state index in [1.165, 1.54) is 6.92 Å². The van der Waals surface area contributed by atoms with Crippen molar-refractivity contribution in [2.75, 3.05) is 5.32 Å². The van der Waals surface area contributed by atoms with Gasteiger partial charge in [-0.15, -0.1) is 0 Å². The molecule has 14 heavy (non-hydrogen) atoms. The third-order valence-corrected chi connectivity index (χ3v) is 2.10. The molecule has 1 heterocycles. The van der Waals surface area contributed by atoms with Gasteiger partial charge in [0.25, 0.3) is 0 Å². The number of benzene rings is 1. The number of aromatic amines is 1. The summed E-state index contributed by atoms with van der Waals surface area (Å²) in [6.45, 7) is 3.45. The van der Waals surface area contributed by atoms with Gasteiger partial charge in [0.1, 0.15) is 0 Å². The number of H-pyrrole nitrogens is 1. The third kappa shape index (κ3) is 1.46. The first-order valence-corrected chi connectivity index (χ1v) is 4.38. The Balaban J connectivity index is 2.53. The van der Waals surface area contributed by atoms with Gasteiger partial charge >= 0.3 is 0 Å². The molecule has 2 aromatic rings. The molecule has 0 aliphatic heterocycles. The van der Waals surface area contributed by atoms with Gasteiger partial charge in [-0.2, -0.15) is 5.10 Å². The fourth-order valence-corrected chi connectivity index (χ4v) is 1.42. The van der Waals surface area contributed by atoms with Crippen LogP contribution in [0.2, 0.25) is 0 Å². The molecule has 0 saturated heterocycles. The van der Waals surface area contributed by atoms with Crippen LogP contribution in [0, 0.1) is 6.92 Å². The van der Waals surface area contributed by atoms with Crippen molar-refractivity contribution in [3.63, 3.8) is 0 Å².